The van der Waals surface area contributed by atoms with Crippen LogP contribution < -0.4 is 5.46 Å². The molecule has 0 aliphatic carbocycles. The van der Waals surface area contributed by atoms with Crippen LogP contribution in [0.4, 0.5) is 4.39 Å². The number of hydrogen-bond acceptors (Lipinski definition) is 0. The summed E-state index contributed by atoms with van der Waals surface area (Å²) in [5, 5.41) is 0. The molecule has 9 heavy (non-hydrogen) atoms. The maximum Gasteiger partial charge on any atom is 0.114 e. The summed E-state index contributed by atoms with van der Waals surface area (Å²) in [4.78, 5) is 0. The van der Waals surface area contributed by atoms with Crippen molar-refractivity contribution in [3.05, 3.63) is 29.8 Å². The average Bonchev–Trinajstić information content (AvgIpc) is 1.89. The van der Waals surface area contributed by atoms with Gasteiger partial charge in [0.05, 0.1) is 0 Å². The summed E-state index contributed by atoms with van der Waals surface area (Å²) in [7, 11) is 5.39. The smallest absolute Gasteiger partial charge is 0.114 e. The zero-order valence-electron chi connectivity index (χ0n) is 4.97. The lowest BCUT2D eigenvalue weighted by Crippen LogP contribution is -2.07. The Morgan fingerprint density at radius 3 is 2.44 bits per heavy atom. The molecule has 0 heterocycles. The highest BCUT2D eigenvalue weighted by Crippen LogP contribution is 1.95. The number of alkyl halides is 1. The van der Waals surface area contributed by atoms with Gasteiger partial charge in [-0.1, -0.05) is 29.7 Å². The molecule has 0 unspecified atom stereocenters. The van der Waals surface area contributed by atoms with Gasteiger partial charge in [-0.2, -0.15) is 0 Å². The molecule has 0 spiro atoms. The first-order valence-corrected chi connectivity index (χ1v) is 2.74. The lowest BCUT2D eigenvalue weighted by molar-refractivity contribution is 0.487. The van der Waals surface area contributed by atoms with Crippen LogP contribution in [0.15, 0.2) is 24.3 Å². The van der Waals surface area contributed by atoms with Crippen molar-refractivity contribution in [2.45, 2.75) is 6.67 Å². The second-order valence-electron chi connectivity index (χ2n) is 1.83. The zero-order chi connectivity index (χ0) is 6.69. The van der Waals surface area contributed by atoms with Crippen molar-refractivity contribution in [3.63, 3.8) is 0 Å². The number of benzene rings is 1. The molecule has 0 fully saturated rings. The van der Waals surface area contributed by atoms with Crippen molar-refractivity contribution in [1.29, 1.82) is 0 Å². The zero-order valence-corrected chi connectivity index (χ0v) is 4.97. The van der Waals surface area contributed by atoms with E-state index >= 15 is 0 Å². The molecule has 0 bridgehead atoms. The highest BCUT2D eigenvalue weighted by Gasteiger charge is 1.91. The molecule has 0 amide bonds. The van der Waals surface area contributed by atoms with Crippen molar-refractivity contribution in [3.8, 4) is 0 Å². The molecule has 1 aromatic carbocycles. The topological polar surface area (TPSA) is 0 Å². The minimum atomic E-state index is -0.479. The maximum absolute atomic E-state index is 11.9. The predicted molar refractivity (Wildman–Crippen MR) is 36.6 cm³/mol. The van der Waals surface area contributed by atoms with Gasteiger partial charge in [0.1, 0.15) is 14.5 Å². The van der Waals surface area contributed by atoms with E-state index in [4.69, 9.17) is 7.85 Å². The SMILES string of the molecule is [B]c1ccccc1CF. The molecule has 44 valence electrons. The number of hydrogen-bond donors (Lipinski definition) is 0. The first-order valence-electron chi connectivity index (χ1n) is 2.74. The van der Waals surface area contributed by atoms with Crippen LogP contribution in [0.5, 0.6) is 0 Å². The Labute approximate surface area is 55.1 Å². The maximum atomic E-state index is 11.9. The summed E-state index contributed by atoms with van der Waals surface area (Å²) in [6.45, 7) is -0.479. The van der Waals surface area contributed by atoms with E-state index in [-0.39, 0.29) is 0 Å². The van der Waals surface area contributed by atoms with Crippen LogP contribution in [0.25, 0.3) is 0 Å². The van der Waals surface area contributed by atoms with E-state index in [2.05, 4.69) is 0 Å². The minimum Gasteiger partial charge on any atom is -0.246 e. The van der Waals surface area contributed by atoms with E-state index in [1.807, 2.05) is 0 Å². The molecule has 0 aliphatic heterocycles. The molecule has 0 nitrogen and oxygen atoms in total. The van der Waals surface area contributed by atoms with Crippen molar-refractivity contribution in [2.75, 3.05) is 0 Å². The molecule has 0 aliphatic rings. The van der Waals surface area contributed by atoms with Gasteiger partial charge in [0.2, 0.25) is 0 Å². The van der Waals surface area contributed by atoms with Crippen LogP contribution in [-0.2, 0) is 6.67 Å². The van der Waals surface area contributed by atoms with Gasteiger partial charge in [0.15, 0.2) is 0 Å². The van der Waals surface area contributed by atoms with Gasteiger partial charge in [0, 0.05) is 0 Å². The van der Waals surface area contributed by atoms with Crippen LogP contribution in [0.2, 0.25) is 0 Å². The van der Waals surface area contributed by atoms with Crippen LogP contribution in [0.3, 0.4) is 0 Å². The highest BCUT2D eigenvalue weighted by molar-refractivity contribution is 6.33. The van der Waals surface area contributed by atoms with E-state index < -0.39 is 6.67 Å². The molecular formula is C7H6BF. The van der Waals surface area contributed by atoms with Crippen molar-refractivity contribution >= 4 is 13.3 Å². The van der Waals surface area contributed by atoms with Crippen molar-refractivity contribution in [2.24, 2.45) is 0 Å². The van der Waals surface area contributed by atoms with Gasteiger partial charge >= 0.3 is 0 Å². The summed E-state index contributed by atoms with van der Waals surface area (Å²) in [5.74, 6) is 0. The monoisotopic (exact) mass is 120 g/mol. The molecular weight excluding hydrogens is 114 g/mol. The van der Waals surface area contributed by atoms with E-state index in [0.29, 0.717) is 11.0 Å². The lowest BCUT2D eigenvalue weighted by Gasteiger charge is -1.97. The van der Waals surface area contributed by atoms with Gasteiger partial charge in [-0.05, 0) is 5.56 Å². The van der Waals surface area contributed by atoms with Gasteiger partial charge in [-0.3, -0.25) is 0 Å². The second-order valence-corrected chi connectivity index (χ2v) is 1.83. The van der Waals surface area contributed by atoms with Crippen LogP contribution >= 0.6 is 0 Å². The Morgan fingerprint density at radius 2 is 2.00 bits per heavy atom. The molecule has 1 aromatic rings. The quantitative estimate of drug-likeness (QED) is 0.484. The summed E-state index contributed by atoms with van der Waals surface area (Å²) in [6.07, 6.45) is 0. The first-order chi connectivity index (χ1) is 4.34. The van der Waals surface area contributed by atoms with E-state index in [0.717, 1.165) is 0 Å². The Hall–Kier alpha value is -0.785. The Morgan fingerprint density at radius 1 is 1.33 bits per heavy atom. The minimum absolute atomic E-state index is 0.479. The average molecular weight is 120 g/mol. The summed E-state index contributed by atoms with van der Waals surface area (Å²) >= 11 is 0. The molecule has 0 saturated carbocycles. The summed E-state index contributed by atoms with van der Waals surface area (Å²) in [6, 6.07) is 6.92. The molecule has 1 rings (SSSR count). The molecule has 0 N–H and O–H groups in total. The fraction of sp³-hybridized carbons (Fsp3) is 0.143. The molecule has 0 saturated heterocycles. The molecule has 2 radical (unpaired) electrons. The lowest BCUT2D eigenvalue weighted by atomic mass is 9.91. The summed E-state index contributed by atoms with van der Waals surface area (Å²) < 4.78 is 11.9. The van der Waals surface area contributed by atoms with E-state index in [1.54, 1.807) is 24.3 Å². The number of rotatable bonds is 1. The van der Waals surface area contributed by atoms with Gasteiger partial charge in [-0.25, -0.2) is 4.39 Å². The Bertz CT molecular complexity index is 198. The van der Waals surface area contributed by atoms with Crippen LogP contribution in [-0.4, -0.2) is 7.85 Å². The third-order valence-corrected chi connectivity index (χ3v) is 1.20. The predicted octanol–water partition coefficient (Wildman–Crippen LogP) is 0.950. The van der Waals surface area contributed by atoms with Gasteiger partial charge in [-0.15, -0.1) is 0 Å². The fourth-order valence-corrected chi connectivity index (χ4v) is 0.656. The van der Waals surface area contributed by atoms with E-state index in [9.17, 15) is 4.39 Å². The van der Waals surface area contributed by atoms with Gasteiger partial charge in [0.25, 0.3) is 0 Å². The van der Waals surface area contributed by atoms with Crippen molar-refractivity contribution < 1.29 is 4.39 Å². The second kappa shape index (κ2) is 2.67. The standard InChI is InChI=1S/C7H6BF/c8-7-4-2-1-3-6(7)5-9/h1-4H,5H2. The van der Waals surface area contributed by atoms with Crippen LogP contribution in [0, 0.1) is 0 Å². The third-order valence-electron chi connectivity index (χ3n) is 1.20. The van der Waals surface area contributed by atoms with E-state index in [1.165, 1.54) is 0 Å². The first kappa shape index (κ1) is 6.34. The largest absolute Gasteiger partial charge is 0.246 e. The normalized spacial score (nSPS) is 9.44. The number of halogens is 1. The molecule has 0 atom stereocenters. The highest BCUT2D eigenvalue weighted by atomic mass is 19.1. The third kappa shape index (κ3) is 1.32. The van der Waals surface area contributed by atoms with Crippen molar-refractivity contribution in [1.82, 2.24) is 0 Å². The Balaban J connectivity index is 3.01. The Kier molecular flexibility index (Phi) is 1.88. The molecule has 2 heteroatoms. The molecule has 0 aromatic heterocycles. The summed E-state index contributed by atoms with van der Waals surface area (Å²) in [5.41, 5.74) is 1.09. The fourth-order valence-electron chi connectivity index (χ4n) is 0.656. The van der Waals surface area contributed by atoms with Gasteiger partial charge < -0.3 is 0 Å². The van der Waals surface area contributed by atoms with Crippen LogP contribution in [0.1, 0.15) is 5.56 Å².